The number of anilines is 1. The SMILES string of the molecule is NC(=O)c1cc(N)ccc1OCCC(F)(F)F. The van der Waals surface area contributed by atoms with Gasteiger partial charge in [0, 0.05) is 5.69 Å². The van der Waals surface area contributed by atoms with E-state index >= 15 is 0 Å². The number of amides is 1. The van der Waals surface area contributed by atoms with Gasteiger partial charge in [0.25, 0.3) is 5.91 Å². The van der Waals surface area contributed by atoms with Crippen LogP contribution in [0.3, 0.4) is 0 Å². The molecule has 0 aliphatic heterocycles. The standard InChI is InChI=1S/C10H11F3N2O2/c11-10(12,13)3-4-17-8-2-1-6(14)5-7(8)9(15)16/h1-2,5H,3-4,14H2,(H2,15,16). The minimum absolute atomic E-state index is 0.00375. The molecule has 7 heteroatoms. The van der Waals surface area contributed by atoms with E-state index in [1.807, 2.05) is 0 Å². The van der Waals surface area contributed by atoms with E-state index in [1.165, 1.54) is 18.2 Å². The molecule has 0 saturated carbocycles. The highest BCUT2D eigenvalue weighted by Gasteiger charge is 2.27. The van der Waals surface area contributed by atoms with Gasteiger partial charge in [0.15, 0.2) is 0 Å². The normalized spacial score (nSPS) is 11.2. The molecule has 0 aliphatic carbocycles. The molecule has 0 unspecified atom stereocenters. The molecular weight excluding hydrogens is 237 g/mol. The molecule has 1 aromatic rings. The minimum Gasteiger partial charge on any atom is -0.492 e. The molecular formula is C10H11F3N2O2. The van der Waals surface area contributed by atoms with Crippen molar-refractivity contribution in [3.8, 4) is 5.75 Å². The molecule has 1 aromatic carbocycles. The fraction of sp³-hybridized carbons (Fsp3) is 0.300. The molecule has 1 amide bonds. The van der Waals surface area contributed by atoms with Crippen molar-refractivity contribution in [1.29, 1.82) is 0 Å². The molecule has 0 fully saturated rings. The number of nitrogens with two attached hydrogens (primary N) is 2. The summed E-state index contributed by atoms with van der Waals surface area (Å²) < 4.78 is 40.5. The van der Waals surface area contributed by atoms with Gasteiger partial charge < -0.3 is 16.2 Å². The third-order valence-corrected chi connectivity index (χ3v) is 1.91. The first kappa shape index (κ1) is 13.1. The van der Waals surface area contributed by atoms with E-state index in [9.17, 15) is 18.0 Å². The van der Waals surface area contributed by atoms with E-state index in [-0.39, 0.29) is 17.0 Å². The number of hydrogen-bond donors (Lipinski definition) is 2. The summed E-state index contributed by atoms with van der Waals surface area (Å²) in [5.74, 6) is -0.810. The zero-order valence-electron chi connectivity index (χ0n) is 8.75. The molecule has 0 aliphatic rings. The lowest BCUT2D eigenvalue weighted by Gasteiger charge is -2.11. The topological polar surface area (TPSA) is 78.3 Å². The molecule has 1 rings (SSSR count). The Morgan fingerprint density at radius 2 is 2.00 bits per heavy atom. The van der Waals surface area contributed by atoms with E-state index < -0.39 is 25.1 Å². The Morgan fingerprint density at radius 3 is 2.53 bits per heavy atom. The number of hydrogen-bond acceptors (Lipinski definition) is 3. The second kappa shape index (κ2) is 4.94. The number of benzene rings is 1. The lowest BCUT2D eigenvalue weighted by molar-refractivity contribution is -0.139. The van der Waals surface area contributed by atoms with E-state index in [1.54, 1.807) is 0 Å². The largest absolute Gasteiger partial charge is 0.492 e. The highest BCUT2D eigenvalue weighted by atomic mass is 19.4. The van der Waals surface area contributed by atoms with Crippen LogP contribution in [0, 0.1) is 0 Å². The molecule has 17 heavy (non-hydrogen) atoms. The molecule has 0 saturated heterocycles. The molecule has 0 radical (unpaired) electrons. The number of primary amides is 1. The fourth-order valence-electron chi connectivity index (χ4n) is 1.14. The Morgan fingerprint density at radius 1 is 1.35 bits per heavy atom. The predicted octanol–water partition coefficient (Wildman–Crippen LogP) is 1.70. The van der Waals surface area contributed by atoms with Crippen LogP contribution in [0.5, 0.6) is 5.75 Å². The number of ether oxygens (including phenoxy) is 1. The van der Waals surface area contributed by atoms with Crippen molar-refractivity contribution >= 4 is 11.6 Å². The third kappa shape index (κ3) is 4.21. The van der Waals surface area contributed by atoms with E-state index in [4.69, 9.17) is 16.2 Å². The number of carbonyl (C=O) groups is 1. The average molecular weight is 248 g/mol. The summed E-state index contributed by atoms with van der Waals surface area (Å²) in [5.41, 5.74) is 10.7. The van der Waals surface area contributed by atoms with Crippen LogP contribution in [-0.2, 0) is 0 Å². The molecule has 4 nitrogen and oxygen atoms in total. The van der Waals surface area contributed by atoms with Crippen molar-refractivity contribution in [2.75, 3.05) is 12.3 Å². The van der Waals surface area contributed by atoms with Crippen LogP contribution in [0.15, 0.2) is 18.2 Å². The number of carbonyl (C=O) groups excluding carboxylic acids is 1. The summed E-state index contributed by atoms with van der Waals surface area (Å²) in [6, 6.07) is 3.98. The summed E-state index contributed by atoms with van der Waals surface area (Å²) in [7, 11) is 0. The van der Waals surface area contributed by atoms with E-state index in [0.717, 1.165) is 0 Å². The maximum absolute atomic E-state index is 11.9. The zero-order valence-corrected chi connectivity index (χ0v) is 8.75. The predicted molar refractivity (Wildman–Crippen MR) is 55.5 cm³/mol. The highest BCUT2D eigenvalue weighted by molar-refractivity contribution is 5.96. The Bertz CT molecular complexity index is 419. The van der Waals surface area contributed by atoms with Crippen molar-refractivity contribution in [2.45, 2.75) is 12.6 Å². The van der Waals surface area contributed by atoms with Crippen LogP contribution in [0.25, 0.3) is 0 Å². The van der Waals surface area contributed by atoms with Gasteiger partial charge in [-0.05, 0) is 18.2 Å². The summed E-state index contributed by atoms with van der Waals surface area (Å²) in [4.78, 5) is 11.0. The van der Waals surface area contributed by atoms with Crippen molar-refractivity contribution in [3.63, 3.8) is 0 Å². The van der Waals surface area contributed by atoms with Crippen molar-refractivity contribution in [3.05, 3.63) is 23.8 Å². The lowest BCUT2D eigenvalue weighted by Crippen LogP contribution is -2.16. The summed E-state index contributed by atoms with van der Waals surface area (Å²) in [6.07, 6.45) is -5.41. The summed E-state index contributed by atoms with van der Waals surface area (Å²) in [6.45, 7) is -0.576. The third-order valence-electron chi connectivity index (χ3n) is 1.91. The maximum atomic E-state index is 11.9. The number of nitrogen functional groups attached to an aromatic ring is 1. The monoisotopic (exact) mass is 248 g/mol. The van der Waals surface area contributed by atoms with Gasteiger partial charge >= 0.3 is 6.18 Å². The second-order valence-corrected chi connectivity index (χ2v) is 3.33. The number of halogens is 3. The van der Waals surface area contributed by atoms with Gasteiger partial charge in [0.05, 0.1) is 18.6 Å². The average Bonchev–Trinajstić information content (AvgIpc) is 2.18. The molecule has 0 bridgehead atoms. The van der Waals surface area contributed by atoms with Crippen molar-refractivity contribution < 1.29 is 22.7 Å². The van der Waals surface area contributed by atoms with Crippen LogP contribution in [0.4, 0.5) is 18.9 Å². The Labute approximate surface area is 95.3 Å². The maximum Gasteiger partial charge on any atom is 0.392 e. The molecule has 0 spiro atoms. The van der Waals surface area contributed by atoms with Crippen molar-refractivity contribution in [1.82, 2.24) is 0 Å². The molecule has 0 heterocycles. The summed E-state index contributed by atoms with van der Waals surface area (Å²) >= 11 is 0. The van der Waals surface area contributed by atoms with Gasteiger partial charge in [-0.1, -0.05) is 0 Å². The Hall–Kier alpha value is -1.92. The number of rotatable bonds is 4. The van der Waals surface area contributed by atoms with Crippen LogP contribution < -0.4 is 16.2 Å². The minimum atomic E-state index is -4.30. The van der Waals surface area contributed by atoms with Gasteiger partial charge in [-0.15, -0.1) is 0 Å². The van der Waals surface area contributed by atoms with Gasteiger partial charge in [0.2, 0.25) is 0 Å². The van der Waals surface area contributed by atoms with Gasteiger partial charge in [-0.2, -0.15) is 13.2 Å². The highest BCUT2D eigenvalue weighted by Crippen LogP contribution is 2.23. The molecule has 94 valence electrons. The smallest absolute Gasteiger partial charge is 0.392 e. The first-order valence-corrected chi connectivity index (χ1v) is 4.68. The van der Waals surface area contributed by atoms with Gasteiger partial charge in [-0.3, -0.25) is 4.79 Å². The Balaban J connectivity index is 2.74. The molecule has 4 N–H and O–H groups in total. The summed E-state index contributed by atoms with van der Waals surface area (Å²) in [5, 5.41) is 0. The van der Waals surface area contributed by atoms with Crippen LogP contribution in [0.1, 0.15) is 16.8 Å². The zero-order chi connectivity index (χ0) is 13.1. The van der Waals surface area contributed by atoms with Crippen LogP contribution in [0.2, 0.25) is 0 Å². The van der Waals surface area contributed by atoms with Gasteiger partial charge in [0.1, 0.15) is 5.75 Å². The Kier molecular flexibility index (Phi) is 3.82. The van der Waals surface area contributed by atoms with E-state index in [2.05, 4.69) is 0 Å². The first-order valence-electron chi connectivity index (χ1n) is 4.68. The van der Waals surface area contributed by atoms with Crippen LogP contribution >= 0.6 is 0 Å². The van der Waals surface area contributed by atoms with Crippen LogP contribution in [-0.4, -0.2) is 18.7 Å². The molecule has 0 atom stereocenters. The number of alkyl halides is 3. The van der Waals surface area contributed by atoms with Crippen molar-refractivity contribution in [2.24, 2.45) is 5.73 Å². The van der Waals surface area contributed by atoms with E-state index in [0.29, 0.717) is 0 Å². The molecule has 0 aromatic heterocycles. The first-order chi connectivity index (χ1) is 7.79. The van der Waals surface area contributed by atoms with Gasteiger partial charge in [-0.25, -0.2) is 0 Å². The quantitative estimate of drug-likeness (QED) is 0.796. The fourth-order valence-corrected chi connectivity index (χ4v) is 1.14. The second-order valence-electron chi connectivity index (χ2n) is 3.33. The lowest BCUT2D eigenvalue weighted by atomic mass is 10.1.